The van der Waals surface area contributed by atoms with Crippen LogP contribution in [0.3, 0.4) is 0 Å². The number of nitrogens with zero attached hydrogens (tertiary/aromatic N) is 4. The lowest BCUT2D eigenvalue weighted by molar-refractivity contribution is 0.486. The normalized spacial score (nSPS) is 12.2. The van der Waals surface area contributed by atoms with Crippen LogP contribution in [0.1, 0.15) is 0 Å². The first-order valence-electron chi connectivity index (χ1n) is 20.0. The molecule has 59 heavy (non-hydrogen) atoms. The second kappa shape index (κ2) is 12.2. The van der Waals surface area contributed by atoms with Gasteiger partial charge in [0.1, 0.15) is 11.5 Å². The van der Waals surface area contributed by atoms with Crippen LogP contribution in [0.5, 0.6) is 11.5 Å². The molecule has 1 aliphatic rings. The lowest BCUT2D eigenvalue weighted by Crippen LogP contribution is -2.02. The maximum absolute atomic E-state index is 6.23. The number of hydrogen-bond donors (Lipinski definition) is 0. The fourth-order valence-electron chi connectivity index (χ4n) is 9.37. The minimum absolute atomic E-state index is 0.692. The van der Waals surface area contributed by atoms with Crippen molar-refractivity contribution in [2.45, 2.75) is 0 Å². The van der Waals surface area contributed by atoms with Crippen LogP contribution in [0.15, 0.2) is 194 Å². The number of para-hydroxylation sites is 3. The Morgan fingerprint density at radius 3 is 1.69 bits per heavy atom. The van der Waals surface area contributed by atoms with Crippen molar-refractivity contribution in [3.63, 3.8) is 0 Å². The van der Waals surface area contributed by atoms with Crippen LogP contribution in [0.4, 0.5) is 0 Å². The SMILES string of the molecule is c1ccc2c(c1)Oc1cccc3nc(-c4ccc(-n5c6ccccc6c6cc(-c7ccc8c(c7)c7ccccc7n8-c7ccc8ccccc8c7)ccc65)cc4)nc-2c13. The molecule has 0 aliphatic carbocycles. The molecule has 0 unspecified atom stereocenters. The predicted molar refractivity (Wildman–Crippen MR) is 242 cm³/mol. The highest BCUT2D eigenvalue weighted by Gasteiger charge is 2.23. The van der Waals surface area contributed by atoms with Crippen LogP contribution in [0, 0.1) is 0 Å². The van der Waals surface area contributed by atoms with E-state index in [4.69, 9.17) is 14.7 Å². The molecule has 5 heteroatoms. The molecule has 0 atom stereocenters. The first-order valence-corrected chi connectivity index (χ1v) is 20.0. The maximum Gasteiger partial charge on any atom is 0.160 e. The quantitative estimate of drug-likeness (QED) is 0.180. The molecule has 1 aliphatic heterocycles. The van der Waals surface area contributed by atoms with E-state index in [1.165, 1.54) is 60.2 Å². The fraction of sp³-hybridized carbons (Fsp3) is 0. The molecule has 0 amide bonds. The zero-order valence-corrected chi connectivity index (χ0v) is 31.7. The van der Waals surface area contributed by atoms with Crippen molar-refractivity contribution in [2.75, 3.05) is 0 Å². The Morgan fingerprint density at radius 1 is 0.373 bits per heavy atom. The summed E-state index contributed by atoms with van der Waals surface area (Å²) in [4.78, 5) is 10.2. The van der Waals surface area contributed by atoms with Crippen LogP contribution < -0.4 is 4.74 Å². The van der Waals surface area contributed by atoms with E-state index < -0.39 is 0 Å². The van der Waals surface area contributed by atoms with Crippen molar-refractivity contribution in [3.8, 4) is 56.6 Å². The van der Waals surface area contributed by atoms with E-state index in [9.17, 15) is 0 Å². The Bertz CT molecular complexity index is 3710. The second-order valence-corrected chi connectivity index (χ2v) is 15.4. The maximum atomic E-state index is 6.23. The topological polar surface area (TPSA) is 44.9 Å². The Balaban J connectivity index is 0.913. The van der Waals surface area contributed by atoms with Gasteiger partial charge in [-0.2, -0.15) is 0 Å². The van der Waals surface area contributed by atoms with E-state index in [1.54, 1.807) is 0 Å². The Labute approximate surface area is 338 Å². The summed E-state index contributed by atoms with van der Waals surface area (Å²) in [5, 5.41) is 8.35. The third-order valence-electron chi connectivity index (χ3n) is 12.1. The molecule has 4 heterocycles. The Morgan fingerprint density at radius 2 is 0.949 bits per heavy atom. The van der Waals surface area contributed by atoms with Crippen molar-refractivity contribution in [1.82, 2.24) is 19.1 Å². The highest BCUT2D eigenvalue weighted by Crippen LogP contribution is 2.46. The van der Waals surface area contributed by atoms with Gasteiger partial charge in [0.25, 0.3) is 0 Å². The van der Waals surface area contributed by atoms with Gasteiger partial charge in [0, 0.05) is 44.0 Å². The minimum Gasteiger partial charge on any atom is -0.456 e. The summed E-state index contributed by atoms with van der Waals surface area (Å²) in [6, 6.07) is 69.3. The first-order chi connectivity index (χ1) is 29.2. The van der Waals surface area contributed by atoms with Gasteiger partial charge in [0.05, 0.1) is 38.7 Å². The summed E-state index contributed by atoms with van der Waals surface area (Å²) in [5.41, 5.74) is 13.1. The molecule has 0 fully saturated rings. The molecule has 3 aromatic heterocycles. The van der Waals surface area contributed by atoms with Crippen LogP contribution in [0.2, 0.25) is 0 Å². The van der Waals surface area contributed by atoms with Crippen LogP contribution in [-0.4, -0.2) is 19.1 Å². The highest BCUT2D eigenvalue weighted by atomic mass is 16.5. The number of aromatic nitrogens is 4. The van der Waals surface area contributed by atoms with Crippen molar-refractivity contribution in [3.05, 3.63) is 194 Å². The predicted octanol–water partition coefficient (Wildman–Crippen LogP) is 14.1. The molecule has 0 N–H and O–H groups in total. The molecule has 9 aromatic carbocycles. The van der Waals surface area contributed by atoms with Crippen LogP contribution >= 0.6 is 0 Å². The van der Waals surface area contributed by atoms with E-state index in [0.29, 0.717) is 5.82 Å². The van der Waals surface area contributed by atoms with Gasteiger partial charge < -0.3 is 13.9 Å². The van der Waals surface area contributed by atoms with E-state index in [0.717, 1.165) is 55.9 Å². The van der Waals surface area contributed by atoms with Gasteiger partial charge in [-0.05, 0) is 119 Å². The second-order valence-electron chi connectivity index (χ2n) is 15.4. The van der Waals surface area contributed by atoms with Crippen molar-refractivity contribution in [2.24, 2.45) is 0 Å². The van der Waals surface area contributed by atoms with Crippen molar-refractivity contribution in [1.29, 1.82) is 0 Å². The molecule has 0 bridgehead atoms. The average molecular weight is 753 g/mol. The average Bonchev–Trinajstić information content (AvgIpc) is 3.81. The minimum atomic E-state index is 0.692. The lowest BCUT2D eigenvalue weighted by atomic mass is 10.0. The summed E-state index contributed by atoms with van der Waals surface area (Å²) in [6.07, 6.45) is 0. The van der Waals surface area contributed by atoms with Gasteiger partial charge in [-0.15, -0.1) is 0 Å². The molecule has 274 valence electrons. The van der Waals surface area contributed by atoms with Crippen molar-refractivity contribution >= 4 is 65.3 Å². The summed E-state index contributed by atoms with van der Waals surface area (Å²) in [6.45, 7) is 0. The molecule has 0 spiro atoms. The smallest absolute Gasteiger partial charge is 0.160 e. The molecule has 0 radical (unpaired) electrons. The Hall–Kier alpha value is -8.02. The van der Waals surface area contributed by atoms with Gasteiger partial charge in [-0.3, -0.25) is 0 Å². The number of ether oxygens (including phenoxy) is 1. The third kappa shape index (κ3) is 4.79. The Kier molecular flexibility index (Phi) is 6.66. The number of rotatable bonds is 4. The number of benzene rings is 9. The lowest BCUT2D eigenvalue weighted by Gasteiger charge is -2.20. The molecular weight excluding hydrogens is 721 g/mol. The molecule has 0 saturated carbocycles. The zero-order chi connectivity index (χ0) is 38.6. The summed E-state index contributed by atoms with van der Waals surface area (Å²) in [5.74, 6) is 2.29. The monoisotopic (exact) mass is 752 g/mol. The van der Waals surface area contributed by atoms with E-state index >= 15 is 0 Å². The highest BCUT2D eigenvalue weighted by molar-refractivity contribution is 6.13. The fourth-order valence-corrected chi connectivity index (χ4v) is 9.37. The van der Waals surface area contributed by atoms with E-state index in [-0.39, 0.29) is 0 Å². The van der Waals surface area contributed by atoms with Gasteiger partial charge >= 0.3 is 0 Å². The van der Waals surface area contributed by atoms with Gasteiger partial charge in [-0.25, -0.2) is 9.97 Å². The molecular formula is C54H32N4O. The van der Waals surface area contributed by atoms with Gasteiger partial charge in [0.2, 0.25) is 0 Å². The molecule has 5 nitrogen and oxygen atoms in total. The third-order valence-corrected chi connectivity index (χ3v) is 12.1. The molecule has 0 saturated heterocycles. The standard InChI is InChI=1S/C54H32N4O/c1-2-11-35-30-39(27-20-33(35)10-1)58-47-17-7-4-13-41(47)44-32-37(24-29-49(44)58)36-23-28-48-43(31-36)40-12-3-6-16-46(40)57(48)38-25-21-34(22-26-38)54-55-45-15-9-19-51-52(45)53(56-54)42-14-5-8-18-50(42)59-51/h1-32H. The summed E-state index contributed by atoms with van der Waals surface area (Å²) < 4.78 is 11.0. The largest absolute Gasteiger partial charge is 0.456 e. The molecule has 13 rings (SSSR count). The van der Waals surface area contributed by atoms with Gasteiger partial charge in [0.15, 0.2) is 5.82 Å². The molecule has 12 aromatic rings. The van der Waals surface area contributed by atoms with E-state index in [2.05, 4.69) is 167 Å². The van der Waals surface area contributed by atoms with Gasteiger partial charge in [-0.1, -0.05) is 97.1 Å². The first kappa shape index (κ1) is 32.1. The van der Waals surface area contributed by atoms with E-state index in [1.807, 2.05) is 36.4 Å². The zero-order valence-electron chi connectivity index (χ0n) is 31.7. The summed E-state index contributed by atoms with van der Waals surface area (Å²) in [7, 11) is 0. The summed E-state index contributed by atoms with van der Waals surface area (Å²) >= 11 is 0. The number of fused-ring (bicyclic) bond motifs is 9. The number of hydrogen-bond acceptors (Lipinski definition) is 3. The van der Waals surface area contributed by atoms with Crippen LogP contribution in [-0.2, 0) is 0 Å². The van der Waals surface area contributed by atoms with Crippen molar-refractivity contribution < 1.29 is 4.74 Å². The van der Waals surface area contributed by atoms with Crippen LogP contribution in [0.25, 0.3) is 110 Å².